The van der Waals surface area contributed by atoms with E-state index < -0.39 is 0 Å². The Morgan fingerprint density at radius 2 is 1.95 bits per heavy atom. The predicted molar refractivity (Wildman–Crippen MR) is 85.0 cm³/mol. The number of carbonyl (C=O) groups is 1. The summed E-state index contributed by atoms with van der Waals surface area (Å²) >= 11 is 1.36. The lowest BCUT2D eigenvalue weighted by atomic mass is 9.99. The van der Waals surface area contributed by atoms with E-state index in [4.69, 9.17) is 9.15 Å². The van der Waals surface area contributed by atoms with Gasteiger partial charge in [-0.3, -0.25) is 4.79 Å². The van der Waals surface area contributed by atoms with Gasteiger partial charge in [0.2, 0.25) is 0 Å². The molecule has 1 saturated heterocycles. The summed E-state index contributed by atoms with van der Waals surface area (Å²) in [6.07, 6.45) is 3.23. The number of carbonyl (C=O) groups excluding carboxylic acids is 1. The Morgan fingerprint density at radius 3 is 2.55 bits per heavy atom. The SMILES string of the molecule is CC1(C)CN(C(=O)c2cnc(-c3ccco3)s2)CC(C)(C)O1. The molecule has 2 aromatic heterocycles. The highest BCUT2D eigenvalue weighted by Crippen LogP contribution is 2.31. The van der Waals surface area contributed by atoms with Crippen molar-refractivity contribution in [1.29, 1.82) is 0 Å². The first-order valence-electron chi connectivity index (χ1n) is 7.25. The normalized spacial score (nSPS) is 20.1. The number of ether oxygens (including phenoxy) is 1. The van der Waals surface area contributed by atoms with Gasteiger partial charge in [-0.1, -0.05) is 0 Å². The zero-order valence-corrected chi connectivity index (χ0v) is 14.1. The molecule has 6 heteroatoms. The molecule has 1 aliphatic rings. The van der Waals surface area contributed by atoms with E-state index >= 15 is 0 Å². The lowest BCUT2D eigenvalue weighted by Crippen LogP contribution is -2.58. The molecule has 0 atom stereocenters. The van der Waals surface area contributed by atoms with Crippen molar-refractivity contribution in [2.24, 2.45) is 0 Å². The molecule has 0 aliphatic carbocycles. The molecule has 0 aromatic carbocycles. The van der Waals surface area contributed by atoms with Crippen molar-refractivity contribution in [2.45, 2.75) is 38.9 Å². The molecule has 3 heterocycles. The Labute approximate surface area is 133 Å². The first kappa shape index (κ1) is 15.2. The minimum Gasteiger partial charge on any atom is -0.462 e. The van der Waals surface area contributed by atoms with E-state index in [0.717, 1.165) is 5.01 Å². The summed E-state index contributed by atoms with van der Waals surface area (Å²) in [7, 11) is 0. The predicted octanol–water partition coefficient (Wildman–Crippen LogP) is 3.43. The quantitative estimate of drug-likeness (QED) is 0.850. The molecular weight excluding hydrogens is 300 g/mol. The molecule has 5 nitrogen and oxygen atoms in total. The zero-order chi connectivity index (χ0) is 16.0. The number of hydrogen-bond donors (Lipinski definition) is 0. The standard InChI is InChI=1S/C16H20N2O3S/c1-15(2)9-18(10-16(3,4)21-15)14(19)12-8-17-13(22-12)11-6-5-7-20-11/h5-8H,9-10H2,1-4H3. The highest BCUT2D eigenvalue weighted by Gasteiger charge is 2.40. The molecule has 22 heavy (non-hydrogen) atoms. The van der Waals surface area contributed by atoms with E-state index in [1.54, 1.807) is 12.5 Å². The summed E-state index contributed by atoms with van der Waals surface area (Å²) in [4.78, 5) is 19.5. The molecule has 0 radical (unpaired) electrons. The number of aromatic nitrogens is 1. The third-order valence-electron chi connectivity index (χ3n) is 3.43. The van der Waals surface area contributed by atoms with Gasteiger partial charge in [0, 0.05) is 13.1 Å². The first-order valence-corrected chi connectivity index (χ1v) is 8.07. The van der Waals surface area contributed by atoms with E-state index in [1.165, 1.54) is 11.3 Å². The van der Waals surface area contributed by atoms with Crippen LogP contribution in [0.5, 0.6) is 0 Å². The lowest BCUT2D eigenvalue weighted by molar-refractivity contribution is -0.171. The van der Waals surface area contributed by atoms with Gasteiger partial charge < -0.3 is 14.1 Å². The number of nitrogens with zero attached hydrogens (tertiary/aromatic N) is 2. The summed E-state index contributed by atoms with van der Waals surface area (Å²) in [5.74, 6) is 0.687. The molecule has 3 rings (SSSR count). The fourth-order valence-corrected chi connectivity index (χ4v) is 3.83. The van der Waals surface area contributed by atoms with Gasteiger partial charge >= 0.3 is 0 Å². The van der Waals surface area contributed by atoms with Gasteiger partial charge in [0.15, 0.2) is 10.8 Å². The van der Waals surface area contributed by atoms with Gasteiger partial charge in [-0.15, -0.1) is 11.3 Å². The molecule has 1 aliphatic heterocycles. The van der Waals surface area contributed by atoms with Crippen LogP contribution in [-0.4, -0.2) is 40.1 Å². The highest BCUT2D eigenvalue weighted by atomic mass is 32.1. The number of morpholine rings is 1. The Bertz CT molecular complexity index is 657. The van der Waals surface area contributed by atoms with E-state index in [2.05, 4.69) is 4.98 Å². The van der Waals surface area contributed by atoms with Crippen LogP contribution < -0.4 is 0 Å². The maximum Gasteiger partial charge on any atom is 0.265 e. The number of hydrogen-bond acceptors (Lipinski definition) is 5. The number of thiazole rings is 1. The average Bonchev–Trinajstić information content (AvgIpc) is 3.05. The van der Waals surface area contributed by atoms with Crippen molar-refractivity contribution in [3.63, 3.8) is 0 Å². The molecule has 0 N–H and O–H groups in total. The van der Waals surface area contributed by atoms with Crippen LogP contribution >= 0.6 is 11.3 Å². The smallest absolute Gasteiger partial charge is 0.265 e. The van der Waals surface area contributed by atoms with Crippen LogP contribution in [0.25, 0.3) is 10.8 Å². The Balaban J connectivity index is 1.82. The summed E-state index contributed by atoms with van der Waals surface area (Å²) in [6, 6.07) is 3.65. The number of furan rings is 1. The van der Waals surface area contributed by atoms with Crippen LogP contribution in [0.3, 0.4) is 0 Å². The topological polar surface area (TPSA) is 55.6 Å². The molecule has 0 saturated carbocycles. The van der Waals surface area contributed by atoms with Gasteiger partial charge in [-0.25, -0.2) is 4.98 Å². The minimum atomic E-state index is -0.355. The van der Waals surface area contributed by atoms with Crippen LogP contribution in [0.1, 0.15) is 37.4 Å². The monoisotopic (exact) mass is 320 g/mol. The van der Waals surface area contributed by atoms with E-state index in [0.29, 0.717) is 23.7 Å². The molecule has 118 valence electrons. The van der Waals surface area contributed by atoms with Crippen molar-refractivity contribution >= 4 is 17.2 Å². The van der Waals surface area contributed by atoms with Gasteiger partial charge in [0.1, 0.15) is 4.88 Å². The lowest BCUT2D eigenvalue weighted by Gasteiger charge is -2.47. The van der Waals surface area contributed by atoms with Gasteiger partial charge in [-0.2, -0.15) is 0 Å². The van der Waals surface area contributed by atoms with Gasteiger partial charge in [0.25, 0.3) is 5.91 Å². The fourth-order valence-electron chi connectivity index (χ4n) is 2.97. The molecule has 1 amide bonds. The number of rotatable bonds is 2. The van der Waals surface area contributed by atoms with Gasteiger partial charge in [0.05, 0.1) is 23.7 Å². The van der Waals surface area contributed by atoms with Crippen molar-refractivity contribution in [3.05, 3.63) is 29.5 Å². The van der Waals surface area contributed by atoms with Crippen LogP contribution in [0.15, 0.2) is 29.0 Å². The van der Waals surface area contributed by atoms with Crippen LogP contribution in [-0.2, 0) is 4.74 Å². The summed E-state index contributed by atoms with van der Waals surface area (Å²) in [6.45, 7) is 9.18. The first-order chi connectivity index (χ1) is 10.3. The maximum absolute atomic E-state index is 12.8. The summed E-state index contributed by atoms with van der Waals surface area (Å²) < 4.78 is 11.3. The molecule has 0 spiro atoms. The Morgan fingerprint density at radius 1 is 1.27 bits per heavy atom. The number of amides is 1. The van der Waals surface area contributed by atoms with Gasteiger partial charge in [-0.05, 0) is 39.8 Å². The van der Waals surface area contributed by atoms with Crippen molar-refractivity contribution in [1.82, 2.24) is 9.88 Å². The van der Waals surface area contributed by atoms with Crippen LogP contribution in [0, 0.1) is 0 Å². The average molecular weight is 320 g/mol. The van der Waals surface area contributed by atoms with E-state index in [-0.39, 0.29) is 17.1 Å². The highest BCUT2D eigenvalue weighted by molar-refractivity contribution is 7.16. The third-order valence-corrected chi connectivity index (χ3v) is 4.43. The van der Waals surface area contributed by atoms with Crippen molar-refractivity contribution < 1.29 is 13.9 Å². The Hall–Kier alpha value is -1.66. The van der Waals surface area contributed by atoms with E-state index in [9.17, 15) is 4.79 Å². The largest absolute Gasteiger partial charge is 0.462 e. The maximum atomic E-state index is 12.8. The second kappa shape index (κ2) is 5.21. The second-order valence-electron chi connectivity index (χ2n) is 6.79. The summed E-state index contributed by atoms with van der Waals surface area (Å²) in [5.41, 5.74) is -0.710. The van der Waals surface area contributed by atoms with Crippen LogP contribution in [0.2, 0.25) is 0 Å². The fraction of sp³-hybridized carbons (Fsp3) is 0.500. The molecule has 1 fully saturated rings. The van der Waals surface area contributed by atoms with Crippen molar-refractivity contribution in [2.75, 3.05) is 13.1 Å². The zero-order valence-electron chi connectivity index (χ0n) is 13.3. The summed E-state index contributed by atoms with van der Waals surface area (Å²) in [5, 5.41) is 0.722. The molecule has 0 unspecified atom stereocenters. The molecule has 0 bridgehead atoms. The van der Waals surface area contributed by atoms with E-state index in [1.807, 2.05) is 44.7 Å². The third kappa shape index (κ3) is 3.08. The molecule has 2 aromatic rings. The Kier molecular flexibility index (Phi) is 3.61. The molecular formula is C16H20N2O3S. The van der Waals surface area contributed by atoms with Crippen molar-refractivity contribution in [3.8, 4) is 10.8 Å². The second-order valence-corrected chi connectivity index (χ2v) is 7.82. The van der Waals surface area contributed by atoms with Crippen LogP contribution in [0.4, 0.5) is 0 Å². The minimum absolute atomic E-state index is 0.000226.